The van der Waals surface area contributed by atoms with Gasteiger partial charge in [0.15, 0.2) is 5.16 Å². The van der Waals surface area contributed by atoms with Crippen LogP contribution in [0.2, 0.25) is 0 Å². The third-order valence-electron chi connectivity index (χ3n) is 5.60. The van der Waals surface area contributed by atoms with E-state index in [1.807, 2.05) is 6.92 Å². The van der Waals surface area contributed by atoms with Gasteiger partial charge in [-0.25, -0.2) is 0 Å². The van der Waals surface area contributed by atoms with E-state index in [1.54, 1.807) is 0 Å². The van der Waals surface area contributed by atoms with Crippen molar-refractivity contribution in [3.05, 3.63) is 21.8 Å². The number of carbonyl (C=O) groups is 2. The lowest BCUT2D eigenvalue weighted by molar-refractivity contribution is -0.115. The van der Waals surface area contributed by atoms with Gasteiger partial charge >= 0.3 is 0 Å². The van der Waals surface area contributed by atoms with Crippen LogP contribution in [0.4, 0.5) is 5.00 Å². The van der Waals surface area contributed by atoms with Gasteiger partial charge in [0.05, 0.1) is 10.8 Å². The number of aryl methyl sites for hydroxylation is 1. The van der Waals surface area contributed by atoms with Crippen molar-refractivity contribution in [3.8, 4) is 0 Å². The number of amides is 2. The highest BCUT2D eigenvalue weighted by atomic mass is 32.2. The Hall–Kier alpha value is -1.87. The molecule has 0 spiro atoms. The number of carbonyl (C=O) groups excluding carboxylic acids is 2. The molecule has 3 N–H and O–H groups in total. The van der Waals surface area contributed by atoms with Gasteiger partial charge in [-0.3, -0.25) is 9.59 Å². The molecule has 3 aliphatic rings. The minimum Gasteiger partial charge on any atom is -0.365 e. The molecule has 0 radical (unpaired) electrons. The molecule has 0 aliphatic heterocycles. The fourth-order valence-corrected chi connectivity index (χ4v) is 6.07. The molecular formula is C19H23N5O2S2. The summed E-state index contributed by atoms with van der Waals surface area (Å²) in [6, 6.07) is 0.491. The highest BCUT2D eigenvalue weighted by Crippen LogP contribution is 2.46. The summed E-state index contributed by atoms with van der Waals surface area (Å²) in [7, 11) is 0. The Bertz CT molecular complexity index is 958. The Morgan fingerprint density at radius 3 is 2.71 bits per heavy atom. The summed E-state index contributed by atoms with van der Waals surface area (Å²) in [6.45, 7) is 1.87. The molecule has 2 aromatic heterocycles. The molecule has 28 heavy (non-hydrogen) atoms. The van der Waals surface area contributed by atoms with Crippen LogP contribution >= 0.6 is 23.1 Å². The van der Waals surface area contributed by atoms with Crippen molar-refractivity contribution in [3.63, 3.8) is 0 Å². The molecule has 5 rings (SSSR count). The van der Waals surface area contributed by atoms with Crippen molar-refractivity contribution in [1.82, 2.24) is 14.8 Å². The number of aromatic nitrogens is 3. The molecule has 1 atom stereocenters. The molecule has 0 saturated heterocycles. The zero-order chi connectivity index (χ0) is 19.4. The van der Waals surface area contributed by atoms with Crippen molar-refractivity contribution in [2.75, 3.05) is 5.32 Å². The first-order valence-corrected chi connectivity index (χ1v) is 11.6. The quantitative estimate of drug-likeness (QED) is 0.673. The number of nitrogens with two attached hydrogens (primary N) is 1. The zero-order valence-corrected chi connectivity index (χ0v) is 17.4. The summed E-state index contributed by atoms with van der Waals surface area (Å²) in [4.78, 5) is 25.9. The highest BCUT2D eigenvalue weighted by Gasteiger charge is 2.37. The van der Waals surface area contributed by atoms with E-state index in [0.29, 0.717) is 22.5 Å². The van der Waals surface area contributed by atoms with Crippen LogP contribution in [0.1, 0.15) is 77.6 Å². The number of fused-ring (bicyclic) bond motifs is 1. The van der Waals surface area contributed by atoms with Crippen molar-refractivity contribution >= 4 is 39.9 Å². The van der Waals surface area contributed by atoms with Gasteiger partial charge in [-0.1, -0.05) is 11.8 Å². The normalized spacial score (nSPS) is 19.5. The Morgan fingerprint density at radius 2 is 2.04 bits per heavy atom. The van der Waals surface area contributed by atoms with Crippen LogP contribution in [0, 0.1) is 0 Å². The Morgan fingerprint density at radius 1 is 1.25 bits per heavy atom. The molecule has 2 aromatic rings. The van der Waals surface area contributed by atoms with Gasteiger partial charge in [-0.2, -0.15) is 0 Å². The molecular weight excluding hydrogens is 394 g/mol. The molecule has 7 nitrogen and oxygen atoms in total. The van der Waals surface area contributed by atoms with Gasteiger partial charge in [0, 0.05) is 16.8 Å². The topological polar surface area (TPSA) is 103 Å². The molecule has 2 fully saturated rings. The molecule has 0 aromatic carbocycles. The number of nitrogens with one attached hydrogen (secondary N) is 1. The minimum absolute atomic E-state index is 0.134. The first-order chi connectivity index (χ1) is 13.5. The maximum absolute atomic E-state index is 12.8. The predicted molar refractivity (Wildman–Crippen MR) is 109 cm³/mol. The molecule has 2 heterocycles. The Balaban J connectivity index is 1.33. The van der Waals surface area contributed by atoms with E-state index in [4.69, 9.17) is 5.73 Å². The van der Waals surface area contributed by atoms with Gasteiger partial charge in [0.25, 0.3) is 5.91 Å². The van der Waals surface area contributed by atoms with E-state index in [0.717, 1.165) is 48.6 Å². The van der Waals surface area contributed by atoms with Gasteiger partial charge in [0.2, 0.25) is 5.91 Å². The molecule has 9 heteroatoms. The third kappa shape index (κ3) is 3.24. The van der Waals surface area contributed by atoms with Crippen LogP contribution in [0.3, 0.4) is 0 Å². The largest absolute Gasteiger partial charge is 0.365 e. The number of primary amides is 1. The maximum atomic E-state index is 12.8. The number of thioether (sulfide) groups is 1. The third-order valence-corrected chi connectivity index (χ3v) is 7.87. The number of anilines is 1. The number of thiophene rings is 1. The molecule has 3 aliphatic carbocycles. The minimum atomic E-state index is -0.461. The van der Waals surface area contributed by atoms with Crippen LogP contribution in [-0.2, 0) is 17.6 Å². The van der Waals surface area contributed by atoms with Crippen LogP contribution in [0.25, 0.3) is 0 Å². The monoisotopic (exact) mass is 417 g/mol. The molecule has 0 bridgehead atoms. The fourth-order valence-electron chi connectivity index (χ4n) is 3.84. The summed E-state index contributed by atoms with van der Waals surface area (Å²) >= 11 is 2.93. The van der Waals surface area contributed by atoms with Crippen molar-refractivity contribution in [1.29, 1.82) is 0 Å². The van der Waals surface area contributed by atoms with Crippen LogP contribution in [-0.4, -0.2) is 31.8 Å². The maximum Gasteiger partial charge on any atom is 0.251 e. The van der Waals surface area contributed by atoms with E-state index < -0.39 is 5.91 Å². The SMILES string of the molecule is C[C@H](Sc1nnc(C2CC2)n1C1CC1)C(=O)Nc1sc2c(c1C(N)=O)CCC2. The Kier molecular flexibility index (Phi) is 4.46. The van der Waals surface area contributed by atoms with E-state index in [9.17, 15) is 9.59 Å². The van der Waals surface area contributed by atoms with Gasteiger partial charge in [-0.15, -0.1) is 21.5 Å². The van der Waals surface area contributed by atoms with Crippen molar-refractivity contribution < 1.29 is 9.59 Å². The summed E-state index contributed by atoms with van der Waals surface area (Å²) < 4.78 is 2.25. The van der Waals surface area contributed by atoms with Crippen LogP contribution < -0.4 is 11.1 Å². The number of hydrogen-bond donors (Lipinski definition) is 2. The fraction of sp³-hybridized carbons (Fsp3) is 0.579. The van der Waals surface area contributed by atoms with E-state index in [2.05, 4.69) is 20.1 Å². The van der Waals surface area contributed by atoms with E-state index in [-0.39, 0.29) is 11.2 Å². The number of rotatable bonds is 7. The standard InChI is InChI=1S/C19H23N5O2S2/c1-9(27-19-23-22-16(10-5-6-10)24(19)11-7-8-11)17(26)21-18-14(15(20)25)12-3-2-4-13(12)28-18/h9-11H,2-8H2,1H3,(H2,20,25)(H,21,26)/t9-/m0/s1. The summed E-state index contributed by atoms with van der Waals surface area (Å²) in [5, 5.41) is 12.8. The molecule has 2 saturated carbocycles. The predicted octanol–water partition coefficient (Wildman–Crippen LogP) is 3.26. The first kappa shape index (κ1) is 18.2. The van der Waals surface area contributed by atoms with Gasteiger partial charge < -0.3 is 15.6 Å². The number of nitrogens with zero attached hydrogens (tertiary/aromatic N) is 3. The Labute approximate surface area is 171 Å². The first-order valence-electron chi connectivity index (χ1n) is 9.89. The second-order valence-corrected chi connectivity index (χ2v) is 10.3. The van der Waals surface area contributed by atoms with E-state index >= 15 is 0 Å². The van der Waals surface area contributed by atoms with Gasteiger partial charge in [-0.05, 0) is 57.4 Å². The second kappa shape index (κ2) is 6.88. The van der Waals surface area contributed by atoms with Crippen LogP contribution in [0.15, 0.2) is 5.16 Å². The average Bonchev–Trinajstić information content (AvgIpc) is 3.55. The second-order valence-electron chi connectivity index (χ2n) is 7.89. The summed E-state index contributed by atoms with van der Waals surface area (Å²) in [5.74, 6) is 1.03. The van der Waals surface area contributed by atoms with Crippen LogP contribution in [0.5, 0.6) is 0 Å². The molecule has 148 valence electrons. The molecule has 2 amide bonds. The summed E-state index contributed by atoms with van der Waals surface area (Å²) in [6.07, 6.45) is 7.55. The average molecular weight is 418 g/mol. The zero-order valence-electron chi connectivity index (χ0n) is 15.7. The van der Waals surface area contributed by atoms with Crippen molar-refractivity contribution in [2.24, 2.45) is 5.73 Å². The highest BCUT2D eigenvalue weighted by molar-refractivity contribution is 8.00. The lowest BCUT2D eigenvalue weighted by Crippen LogP contribution is -2.24. The number of hydrogen-bond acceptors (Lipinski definition) is 6. The smallest absolute Gasteiger partial charge is 0.251 e. The lowest BCUT2D eigenvalue weighted by Gasteiger charge is -2.13. The lowest BCUT2D eigenvalue weighted by atomic mass is 10.1. The summed E-state index contributed by atoms with van der Waals surface area (Å²) in [5.41, 5.74) is 7.12. The molecule has 0 unspecified atom stereocenters. The van der Waals surface area contributed by atoms with Gasteiger partial charge in [0.1, 0.15) is 10.8 Å². The van der Waals surface area contributed by atoms with E-state index in [1.165, 1.54) is 40.8 Å². The van der Waals surface area contributed by atoms with Crippen molar-refractivity contribution in [2.45, 2.75) is 74.2 Å².